The number of aromatic amines is 1. The molecule has 3 N–H and O–H groups in total. The maximum absolute atomic E-state index is 9.54. The molecule has 0 radical (unpaired) electrons. The van der Waals surface area contributed by atoms with Gasteiger partial charge in [0.25, 0.3) is 0 Å². The van der Waals surface area contributed by atoms with Gasteiger partial charge in [-0.05, 0) is 18.2 Å². The number of nitrogens with zero attached hydrogens (tertiary/aromatic N) is 2. The van der Waals surface area contributed by atoms with Gasteiger partial charge in [0, 0.05) is 22.7 Å². The Balaban J connectivity index is 2.40. The van der Waals surface area contributed by atoms with Gasteiger partial charge >= 0.3 is 7.12 Å². The summed E-state index contributed by atoms with van der Waals surface area (Å²) >= 11 is 0. The smallest absolute Gasteiger partial charge is 0.422 e. The molecule has 0 saturated heterocycles. The fraction of sp³-hybridized carbons (Fsp3) is 0. The lowest BCUT2D eigenvalue weighted by atomic mass is 9.80. The van der Waals surface area contributed by atoms with Crippen LogP contribution >= 0.6 is 0 Å². The summed E-state index contributed by atoms with van der Waals surface area (Å²) in [5.41, 5.74) is 2.51. The van der Waals surface area contributed by atoms with Crippen molar-refractivity contribution in [3.8, 4) is 17.2 Å². The number of fused-ring (bicyclic) bond motifs is 1. The van der Waals surface area contributed by atoms with E-state index in [1.165, 1.54) is 0 Å². The van der Waals surface area contributed by atoms with Gasteiger partial charge in [0.1, 0.15) is 5.65 Å². The molecule has 96 valence electrons. The van der Waals surface area contributed by atoms with E-state index in [0.29, 0.717) is 22.3 Å². The first-order valence-electron chi connectivity index (χ1n) is 6.04. The number of H-pyrrole nitrogens is 1. The molecule has 3 aromatic rings. The second kappa shape index (κ2) is 4.81. The van der Waals surface area contributed by atoms with Gasteiger partial charge in [-0.1, -0.05) is 18.2 Å². The third kappa shape index (κ3) is 1.86. The largest absolute Gasteiger partial charge is 0.506 e. The lowest BCUT2D eigenvalue weighted by Crippen LogP contribution is -2.32. The van der Waals surface area contributed by atoms with Crippen molar-refractivity contribution < 1.29 is 10.0 Å². The van der Waals surface area contributed by atoms with Gasteiger partial charge in [-0.3, -0.25) is 0 Å². The molecule has 0 atom stereocenters. The minimum atomic E-state index is -1.66. The molecule has 0 aliphatic carbocycles. The number of rotatable bonds is 2. The number of pyridine rings is 1. The molecule has 2 aromatic heterocycles. The topological polar surface area (TPSA) is 92.9 Å². The van der Waals surface area contributed by atoms with Crippen molar-refractivity contribution in [2.75, 3.05) is 0 Å². The number of hydrogen-bond acceptors (Lipinski definition) is 4. The average Bonchev–Trinajstić information content (AvgIpc) is 2.86. The SMILES string of the molecule is N#Cc1ccccc1-c1c(B(O)O)[nH]c2ncccc12. The molecule has 20 heavy (non-hydrogen) atoms. The molecule has 0 unspecified atom stereocenters. The van der Waals surface area contributed by atoms with Crippen molar-refractivity contribution in [3.63, 3.8) is 0 Å². The first-order valence-corrected chi connectivity index (χ1v) is 6.04. The molecule has 0 spiro atoms. The molecule has 2 heterocycles. The van der Waals surface area contributed by atoms with E-state index in [4.69, 9.17) is 0 Å². The number of benzene rings is 1. The predicted molar refractivity (Wildman–Crippen MR) is 76.1 cm³/mol. The Morgan fingerprint density at radius 2 is 1.95 bits per heavy atom. The van der Waals surface area contributed by atoms with Crippen molar-refractivity contribution in [1.29, 1.82) is 5.26 Å². The van der Waals surface area contributed by atoms with Crippen molar-refractivity contribution in [2.45, 2.75) is 0 Å². The van der Waals surface area contributed by atoms with E-state index < -0.39 is 7.12 Å². The van der Waals surface area contributed by atoms with Gasteiger partial charge in [0.2, 0.25) is 0 Å². The van der Waals surface area contributed by atoms with Crippen LogP contribution in [0.25, 0.3) is 22.2 Å². The van der Waals surface area contributed by atoms with Gasteiger partial charge in [-0.15, -0.1) is 0 Å². The van der Waals surface area contributed by atoms with Crippen molar-refractivity contribution in [2.24, 2.45) is 0 Å². The molecule has 1 aromatic carbocycles. The number of aromatic nitrogens is 2. The molecule has 3 rings (SSSR count). The molecule has 0 amide bonds. The second-order valence-corrected chi connectivity index (χ2v) is 4.34. The molecule has 0 aliphatic heterocycles. The van der Waals surface area contributed by atoms with E-state index in [9.17, 15) is 15.3 Å². The molecule has 0 fully saturated rings. The third-order valence-corrected chi connectivity index (χ3v) is 3.17. The first kappa shape index (κ1) is 12.4. The Kier molecular flexibility index (Phi) is 2.99. The van der Waals surface area contributed by atoms with Gasteiger partial charge < -0.3 is 15.0 Å². The zero-order chi connectivity index (χ0) is 14.1. The second-order valence-electron chi connectivity index (χ2n) is 4.34. The normalized spacial score (nSPS) is 10.4. The summed E-state index contributed by atoms with van der Waals surface area (Å²) in [7, 11) is -1.66. The third-order valence-electron chi connectivity index (χ3n) is 3.17. The van der Waals surface area contributed by atoms with Gasteiger partial charge in [0.05, 0.1) is 17.2 Å². The highest BCUT2D eigenvalue weighted by molar-refractivity contribution is 6.60. The summed E-state index contributed by atoms with van der Waals surface area (Å²) in [5, 5.41) is 29.1. The first-order chi connectivity index (χ1) is 9.72. The highest BCUT2D eigenvalue weighted by atomic mass is 16.4. The van der Waals surface area contributed by atoms with Crippen LogP contribution in [0.5, 0.6) is 0 Å². The van der Waals surface area contributed by atoms with E-state index in [0.717, 1.165) is 5.39 Å². The fourth-order valence-corrected chi connectivity index (χ4v) is 2.32. The number of nitrogens with one attached hydrogen (secondary N) is 1. The Labute approximate surface area is 115 Å². The van der Waals surface area contributed by atoms with Crippen LogP contribution in [-0.2, 0) is 0 Å². The van der Waals surface area contributed by atoms with Crippen LogP contribution in [0.2, 0.25) is 0 Å². The van der Waals surface area contributed by atoms with Crippen LogP contribution in [0.15, 0.2) is 42.6 Å². The van der Waals surface area contributed by atoms with E-state index >= 15 is 0 Å². The Hall–Kier alpha value is -2.62. The van der Waals surface area contributed by atoms with Crippen LogP contribution in [0.4, 0.5) is 0 Å². The van der Waals surface area contributed by atoms with E-state index in [-0.39, 0.29) is 5.59 Å². The van der Waals surface area contributed by atoms with E-state index in [1.54, 1.807) is 36.5 Å². The van der Waals surface area contributed by atoms with Crippen molar-refractivity contribution in [1.82, 2.24) is 9.97 Å². The van der Waals surface area contributed by atoms with Crippen LogP contribution in [0, 0.1) is 11.3 Å². The van der Waals surface area contributed by atoms with Crippen molar-refractivity contribution in [3.05, 3.63) is 48.2 Å². The maximum atomic E-state index is 9.54. The lowest BCUT2D eigenvalue weighted by molar-refractivity contribution is 0.424. The zero-order valence-corrected chi connectivity index (χ0v) is 10.4. The molecular weight excluding hydrogens is 253 g/mol. The summed E-state index contributed by atoms with van der Waals surface area (Å²) in [4.78, 5) is 7.06. The Bertz CT molecular complexity index is 821. The summed E-state index contributed by atoms with van der Waals surface area (Å²) in [6.45, 7) is 0. The highest BCUT2D eigenvalue weighted by Gasteiger charge is 2.24. The Morgan fingerprint density at radius 1 is 1.15 bits per heavy atom. The standard InChI is InChI=1S/C14H10BN3O2/c16-8-9-4-1-2-5-10(9)12-11-6-3-7-17-14(11)18-13(12)15(19)20/h1-7,19-20H,(H,17,18). The summed E-state index contributed by atoms with van der Waals surface area (Å²) < 4.78 is 0. The predicted octanol–water partition coefficient (Wildman–Crippen LogP) is 0.781. The molecule has 6 heteroatoms. The lowest BCUT2D eigenvalue weighted by Gasteiger charge is -2.06. The van der Waals surface area contributed by atoms with Gasteiger partial charge in [-0.2, -0.15) is 5.26 Å². The molecule has 0 saturated carbocycles. The summed E-state index contributed by atoms with van der Waals surface area (Å²) in [6.07, 6.45) is 1.62. The fourth-order valence-electron chi connectivity index (χ4n) is 2.32. The Morgan fingerprint density at radius 3 is 2.70 bits per heavy atom. The summed E-state index contributed by atoms with van der Waals surface area (Å²) in [5.74, 6) is 0. The van der Waals surface area contributed by atoms with Crippen molar-refractivity contribution >= 4 is 23.7 Å². The van der Waals surface area contributed by atoms with Gasteiger partial charge in [-0.25, -0.2) is 4.98 Å². The molecule has 0 aliphatic rings. The number of hydrogen-bond donors (Lipinski definition) is 3. The van der Waals surface area contributed by atoms with Gasteiger partial charge in [0.15, 0.2) is 0 Å². The summed E-state index contributed by atoms with van der Waals surface area (Å²) in [6, 6.07) is 12.8. The van der Waals surface area contributed by atoms with E-state index in [2.05, 4.69) is 16.0 Å². The molecular formula is C14H10BN3O2. The van der Waals surface area contributed by atoms with Crippen LogP contribution in [0.3, 0.4) is 0 Å². The maximum Gasteiger partial charge on any atom is 0.506 e. The average molecular weight is 263 g/mol. The molecule has 0 bridgehead atoms. The van der Waals surface area contributed by atoms with Crippen LogP contribution in [0.1, 0.15) is 5.56 Å². The highest BCUT2D eigenvalue weighted by Crippen LogP contribution is 2.28. The van der Waals surface area contributed by atoms with Crippen LogP contribution < -0.4 is 5.59 Å². The van der Waals surface area contributed by atoms with Crippen LogP contribution in [-0.4, -0.2) is 27.1 Å². The number of nitriles is 1. The zero-order valence-electron chi connectivity index (χ0n) is 10.4. The quantitative estimate of drug-likeness (QED) is 0.595. The monoisotopic (exact) mass is 263 g/mol. The molecule has 5 nitrogen and oxygen atoms in total. The van der Waals surface area contributed by atoms with E-state index in [1.807, 2.05) is 6.07 Å². The minimum Gasteiger partial charge on any atom is -0.422 e. The minimum absolute atomic E-state index is 0.237.